The Hall–Kier alpha value is -2.95. The first-order valence-electron chi connectivity index (χ1n) is 6.88. The molecule has 110 valence electrons. The van der Waals surface area contributed by atoms with E-state index in [2.05, 4.69) is 0 Å². The zero-order chi connectivity index (χ0) is 15.9. The number of rotatable bonds is 2. The minimum atomic E-state index is -1.16. The summed E-state index contributed by atoms with van der Waals surface area (Å²) in [6.45, 7) is 1.87. The van der Waals surface area contributed by atoms with Gasteiger partial charge in [0.25, 0.3) is 0 Å². The average molecular weight is 295 g/mol. The van der Waals surface area contributed by atoms with Gasteiger partial charge in [0, 0.05) is 23.2 Å². The van der Waals surface area contributed by atoms with Crippen molar-refractivity contribution in [2.24, 2.45) is 0 Å². The summed E-state index contributed by atoms with van der Waals surface area (Å²) in [5.74, 6) is -0.575. The molecule has 1 aliphatic carbocycles. The zero-order valence-electron chi connectivity index (χ0n) is 11.9. The van der Waals surface area contributed by atoms with Gasteiger partial charge in [-0.05, 0) is 13.0 Å². The highest BCUT2D eigenvalue weighted by Gasteiger charge is 2.33. The molecule has 0 saturated heterocycles. The van der Waals surface area contributed by atoms with E-state index < -0.39 is 6.09 Å². The summed E-state index contributed by atoms with van der Waals surface area (Å²) >= 11 is 0. The molecule has 0 atom stereocenters. The second-order valence-corrected chi connectivity index (χ2v) is 4.93. The predicted octanol–water partition coefficient (Wildman–Crippen LogP) is 2.97. The number of carbonyl (C=O) groups is 3. The van der Waals surface area contributed by atoms with Crippen LogP contribution in [0.15, 0.2) is 42.5 Å². The second-order valence-electron chi connectivity index (χ2n) is 4.93. The Morgan fingerprint density at radius 1 is 0.955 bits per heavy atom. The Morgan fingerprint density at radius 3 is 2.14 bits per heavy atom. The quantitative estimate of drug-likeness (QED) is 0.788. The number of anilines is 1. The highest BCUT2D eigenvalue weighted by Crippen LogP contribution is 2.33. The molecule has 5 heteroatoms. The molecule has 0 fully saturated rings. The SMILES string of the molecule is CCN(C(=O)O)c1cccc2c1C(=O)c1ccccc1C2=O. The number of hydrogen-bond acceptors (Lipinski definition) is 3. The molecule has 0 aromatic heterocycles. The van der Waals surface area contributed by atoms with Crippen LogP contribution in [0, 0.1) is 0 Å². The number of amides is 1. The van der Waals surface area contributed by atoms with Crippen molar-refractivity contribution < 1.29 is 19.5 Å². The molecule has 0 bridgehead atoms. The Balaban J connectivity index is 2.27. The fourth-order valence-electron chi connectivity index (χ4n) is 2.76. The van der Waals surface area contributed by atoms with Crippen LogP contribution in [0.5, 0.6) is 0 Å². The summed E-state index contributed by atoms with van der Waals surface area (Å²) in [7, 11) is 0. The lowest BCUT2D eigenvalue weighted by atomic mass is 9.83. The number of hydrogen-bond donors (Lipinski definition) is 1. The average Bonchev–Trinajstić information content (AvgIpc) is 2.53. The monoisotopic (exact) mass is 295 g/mol. The molecule has 0 saturated carbocycles. The van der Waals surface area contributed by atoms with Crippen LogP contribution in [0.25, 0.3) is 0 Å². The van der Waals surface area contributed by atoms with Gasteiger partial charge in [-0.15, -0.1) is 0 Å². The molecule has 2 aromatic carbocycles. The second kappa shape index (κ2) is 5.11. The van der Waals surface area contributed by atoms with Crippen molar-refractivity contribution >= 4 is 23.3 Å². The van der Waals surface area contributed by atoms with Crippen molar-refractivity contribution in [3.63, 3.8) is 0 Å². The lowest BCUT2D eigenvalue weighted by Crippen LogP contribution is -2.32. The summed E-state index contributed by atoms with van der Waals surface area (Å²) in [6.07, 6.45) is -1.16. The topological polar surface area (TPSA) is 74.7 Å². The molecule has 0 unspecified atom stereocenters. The maximum atomic E-state index is 12.7. The minimum absolute atomic E-state index is 0.162. The number of nitrogens with zero attached hydrogens (tertiary/aromatic N) is 1. The van der Waals surface area contributed by atoms with E-state index in [4.69, 9.17) is 0 Å². The Labute approximate surface area is 126 Å². The first kappa shape index (κ1) is 14.0. The molecule has 1 aliphatic rings. The maximum Gasteiger partial charge on any atom is 0.411 e. The number of fused-ring (bicyclic) bond motifs is 2. The molecule has 5 nitrogen and oxygen atoms in total. The van der Waals surface area contributed by atoms with E-state index >= 15 is 0 Å². The van der Waals surface area contributed by atoms with E-state index in [1.807, 2.05) is 0 Å². The number of ketones is 2. The minimum Gasteiger partial charge on any atom is -0.465 e. The summed E-state index contributed by atoms with van der Waals surface area (Å²) in [5, 5.41) is 9.31. The van der Waals surface area contributed by atoms with Gasteiger partial charge in [-0.2, -0.15) is 0 Å². The third-order valence-corrected chi connectivity index (χ3v) is 3.77. The van der Waals surface area contributed by atoms with Crippen molar-refractivity contribution in [2.45, 2.75) is 6.92 Å². The van der Waals surface area contributed by atoms with Gasteiger partial charge < -0.3 is 5.11 Å². The highest BCUT2D eigenvalue weighted by molar-refractivity contribution is 6.30. The first-order valence-corrected chi connectivity index (χ1v) is 6.88. The fraction of sp³-hybridized carbons (Fsp3) is 0.118. The van der Waals surface area contributed by atoms with Crippen LogP contribution in [-0.4, -0.2) is 29.3 Å². The van der Waals surface area contributed by atoms with Crippen LogP contribution in [0.4, 0.5) is 10.5 Å². The van der Waals surface area contributed by atoms with Crippen molar-refractivity contribution in [2.75, 3.05) is 11.4 Å². The summed E-state index contributed by atoms with van der Waals surface area (Å²) in [6, 6.07) is 11.3. The van der Waals surface area contributed by atoms with E-state index in [-0.39, 0.29) is 34.9 Å². The normalized spacial score (nSPS) is 12.6. The van der Waals surface area contributed by atoms with Crippen molar-refractivity contribution in [3.05, 3.63) is 64.7 Å². The van der Waals surface area contributed by atoms with Crippen LogP contribution in [0.2, 0.25) is 0 Å². The molecular formula is C17H13NO4. The van der Waals surface area contributed by atoms with Gasteiger partial charge in [0.15, 0.2) is 11.6 Å². The summed E-state index contributed by atoms with van der Waals surface area (Å²) < 4.78 is 0. The third-order valence-electron chi connectivity index (χ3n) is 3.77. The lowest BCUT2D eigenvalue weighted by molar-refractivity contribution is 0.0979. The van der Waals surface area contributed by atoms with Crippen LogP contribution in [-0.2, 0) is 0 Å². The van der Waals surface area contributed by atoms with Crippen LogP contribution in [0.3, 0.4) is 0 Å². The van der Waals surface area contributed by atoms with Crippen LogP contribution < -0.4 is 4.90 Å². The van der Waals surface area contributed by atoms with Crippen molar-refractivity contribution in [3.8, 4) is 0 Å². The van der Waals surface area contributed by atoms with Gasteiger partial charge in [0.05, 0.1) is 11.3 Å². The molecular weight excluding hydrogens is 282 g/mol. The van der Waals surface area contributed by atoms with Gasteiger partial charge in [-0.3, -0.25) is 14.5 Å². The molecule has 1 N–H and O–H groups in total. The highest BCUT2D eigenvalue weighted by atomic mass is 16.4. The predicted molar refractivity (Wildman–Crippen MR) is 80.8 cm³/mol. The fourth-order valence-corrected chi connectivity index (χ4v) is 2.76. The Morgan fingerprint density at radius 2 is 1.55 bits per heavy atom. The lowest BCUT2D eigenvalue weighted by Gasteiger charge is -2.24. The largest absolute Gasteiger partial charge is 0.465 e. The van der Waals surface area contributed by atoms with E-state index in [1.54, 1.807) is 49.4 Å². The number of carboxylic acid groups (broad SMARTS) is 1. The molecule has 0 aliphatic heterocycles. The van der Waals surface area contributed by atoms with Gasteiger partial charge in [-0.1, -0.05) is 36.4 Å². The standard InChI is InChI=1S/C17H13NO4/c1-2-18(17(21)22)13-9-5-8-12-14(13)16(20)11-7-4-3-6-10(11)15(12)19/h3-9H,2H2,1H3,(H,21,22). The van der Waals surface area contributed by atoms with Gasteiger partial charge in [0.2, 0.25) is 0 Å². The van der Waals surface area contributed by atoms with Crippen molar-refractivity contribution in [1.29, 1.82) is 0 Å². The molecule has 3 rings (SSSR count). The van der Waals surface area contributed by atoms with Gasteiger partial charge in [0.1, 0.15) is 0 Å². The third kappa shape index (κ3) is 1.90. The van der Waals surface area contributed by atoms with Gasteiger partial charge >= 0.3 is 6.09 Å². The maximum absolute atomic E-state index is 12.7. The Kier molecular flexibility index (Phi) is 3.25. The molecule has 1 amide bonds. The summed E-state index contributed by atoms with van der Waals surface area (Å²) in [4.78, 5) is 37.8. The number of benzene rings is 2. The van der Waals surface area contributed by atoms with Crippen LogP contribution >= 0.6 is 0 Å². The first-order chi connectivity index (χ1) is 10.6. The van der Waals surface area contributed by atoms with E-state index in [0.717, 1.165) is 4.90 Å². The van der Waals surface area contributed by atoms with Gasteiger partial charge in [-0.25, -0.2) is 4.79 Å². The Bertz CT molecular complexity index is 810. The molecule has 0 spiro atoms. The summed E-state index contributed by atoms with van der Waals surface area (Å²) in [5.41, 5.74) is 1.33. The smallest absolute Gasteiger partial charge is 0.411 e. The molecule has 0 radical (unpaired) electrons. The molecule has 2 aromatic rings. The van der Waals surface area contributed by atoms with Crippen LogP contribution in [0.1, 0.15) is 38.8 Å². The number of carbonyl (C=O) groups excluding carboxylic acids is 2. The zero-order valence-corrected chi connectivity index (χ0v) is 11.9. The molecule has 22 heavy (non-hydrogen) atoms. The van der Waals surface area contributed by atoms with Crippen molar-refractivity contribution in [1.82, 2.24) is 0 Å². The van der Waals surface area contributed by atoms with E-state index in [0.29, 0.717) is 11.1 Å². The molecule has 0 heterocycles. The van der Waals surface area contributed by atoms with E-state index in [9.17, 15) is 19.5 Å². The van der Waals surface area contributed by atoms with E-state index in [1.165, 1.54) is 0 Å².